The molecule has 1 aromatic carbocycles. The lowest BCUT2D eigenvalue weighted by molar-refractivity contribution is 0.0795. The fourth-order valence-corrected chi connectivity index (χ4v) is 1.99. The van der Waals surface area contributed by atoms with Gasteiger partial charge >= 0.3 is 0 Å². The van der Waals surface area contributed by atoms with Crippen LogP contribution >= 0.6 is 0 Å². The van der Waals surface area contributed by atoms with E-state index in [1.807, 2.05) is 13.0 Å². The van der Waals surface area contributed by atoms with E-state index in [1.165, 1.54) is 18.4 Å². The lowest BCUT2D eigenvalue weighted by Crippen LogP contribution is -2.12. The molecule has 2 nitrogen and oxygen atoms in total. The third kappa shape index (κ3) is 2.00. The molecule has 1 aromatic rings. The number of rotatable bonds is 3. The smallest absolute Gasteiger partial charge is 0.126 e. The fourth-order valence-electron chi connectivity index (χ4n) is 1.99. The van der Waals surface area contributed by atoms with Crippen molar-refractivity contribution in [1.29, 1.82) is 0 Å². The standard InChI is InChI=1S/C13H18O2/c1-3-4-5-10-6-7-12-11(8-10)13(14)9(2)15-12/h6-9,13-14H,3-5H2,1-2H3. The summed E-state index contributed by atoms with van der Waals surface area (Å²) in [6, 6.07) is 6.16. The molecular formula is C13H18O2. The largest absolute Gasteiger partial charge is 0.487 e. The zero-order valence-corrected chi connectivity index (χ0v) is 9.36. The summed E-state index contributed by atoms with van der Waals surface area (Å²) in [5.41, 5.74) is 2.25. The first-order valence-electron chi connectivity index (χ1n) is 5.70. The van der Waals surface area contributed by atoms with E-state index < -0.39 is 6.10 Å². The van der Waals surface area contributed by atoms with Gasteiger partial charge in [-0.2, -0.15) is 0 Å². The minimum Gasteiger partial charge on any atom is -0.487 e. The number of unbranched alkanes of at least 4 members (excludes halogenated alkanes) is 1. The highest BCUT2D eigenvalue weighted by atomic mass is 16.5. The van der Waals surface area contributed by atoms with Crippen molar-refractivity contribution in [3.63, 3.8) is 0 Å². The van der Waals surface area contributed by atoms with Gasteiger partial charge in [0.25, 0.3) is 0 Å². The van der Waals surface area contributed by atoms with E-state index in [-0.39, 0.29) is 6.10 Å². The quantitative estimate of drug-likeness (QED) is 0.824. The lowest BCUT2D eigenvalue weighted by atomic mass is 10.0. The minimum absolute atomic E-state index is 0.110. The van der Waals surface area contributed by atoms with Crippen molar-refractivity contribution in [1.82, 2.24) is 0 Å². The molecule has 82 valence electrons. The van der Waals surface area contributed by atoms with Gasteiger partial charge in [0.1, 0.15) is 18.0 Å². The van der Waals surface area contributed by atoms with E-state index in [0.29, 0.717) is 0 Å². The summed E-state index contributed by atoms with van der Waals surface area (Å²) in [5.74, 6) is 0.843. The first-order chi connectivity index (χ1) is 7.22. The molecule has 1 N–H and O–H groups in total. The summed E-state index contributed by atoms with van der Waals surface area (Å²) >= 11 is 0. The molecule has 2 unspecified atom stereocenters. The average Bonchev–Trinajstić information content (AvgIpc) is 2.52. The predicted molar refractivity (Wildman–Crippen MR) is 60.1 cm³/mol. The molecule has 0 saturated carbocycles. The Morgan fingerprint density at radius 1 is 1.40 bits per heavy atom. The number of fused-ring (bicyclic) bond motifs is 1. The Labute approximate surface area is 90.9 Å². The van der Waals surface area contributed by atoms with Crippen molar-refractivity contribution in [2.75, 3.05) is 0 Å². The van der Waals surface area contributed by atoms with Crippen LogP contribution in [0, 0.1) is 0 Å². The number of aliphatic hydroxyl groups excluding tert-OH is 1. The van der Waals surface area contributed by atoms with Crippen LogP contribution in [0.15, 0.2) is 18.2 Å². The number of aryl methyl sites for hydroxylation is 1. The zero-order chi connectivity index (χ0) is 10.8. The van der Waals surface area contributed by atoms with E-state index in [9.17, 15) is 5.11 Å². The zero-order valence-electron chi connectivity index (χ0n) is 9.36. The molecule has 15 heavy (non-hydrogen) atoms. The Balaban J connectivity index is 2.20. The molecule has 0 aromatic heterocycles. The molecule has 1 aliphatic heterocycles. The summed E-state index contributed by atoms with van der Waals surface area (Å²) in [4.78, 5) is 0. The maximum Gasteiger partial charge on any atom is 0.126 e. The van der Waals surface area contributed by atoms with Gasteiger partial charge < -0.3 is 9.84 Å². The highest BCUT2D eigenvalue weighted by molar-refractivity contribution is 5.42. The van der Waals surface area contributed by atoms with E-state index in [2.05, 4.69) is 19.1 Å². The predicted octanol–water partition coefficient (Wildman–Crippen LogP) is 2.84. The molecular weight excluding hydrogens is 188 g/mol. The second-order valence-corrected chi connectivity index (χ2v) is 4.24. The molecule has 0 radical (unpaired) electrons. The summed E-state index contributed by atoms with van der Waals surface area (Å²) < 4.78 is 5.53. The van der Waals surface area contributed by atoms with Crippen molar-refractivity contribution in [3.05, 3.63) is 29.3 Å². The SMILES string of the molecule is CCCCc1ccc2c(c1)C(O)C(C)O2. The maximum absolute atomic E-state index is 9.87. The Hall–Kier alpha value is -1.02. The van der Waals surface area contributed by atoms with Crippen LogP contribution < -0.4 is 4.74 Å². The Bertz CT molecular complexity index is 346. The molecule has 0 saturated heterocycles. The van der Waals surface area contributed by atoms with Gasteiger partial charge in [0, 0.05) is 5.56 Å². The fraction of sp³-hybridized carbons (Fsp3) is 0.538. The van der Waals surface area contributed by atoms with Crippen LogP contribution in [0.2, 0.25) is 0 Å². The van der Waals surface area contributed by atoms with Crippen molar-refractivity contribution >= 4 is 0 Å². The van der Waals surface area contributed by atoms with Gasteiger partial charge in [-0.25, -0.2) is 0 Å². The summed E-state index contributed by atoms with van der Waals surface area (Å²) in [5, 5.41) is 9.87. The van der Waals surface area contributed by atoms with Crippen LogP contribution in [0.4, 0.5) is 0 Å². The monoisotopic (exact) mass is 206 g/mol. The Morgan fingerprint density at radius 3 is 2.93 bits per heavy atom. The number of hydrogen-bond acceptors (Lipinski definition) is 2. The van der Waals surface area contributed by atoms with Gasteiger partial charge in [-0.3, -0.25) is 0 Å². The lowest BCUT2D eigenvalue weighted by Gasteiger charge is -2.06. The van der Waals surface area contributed by atoms with E-state index in [4.69, 9.17) is 4.74 Å². The first-order valence-corrected chi connectivity index (χ1v) is 5.70. The molecule has 2 heteroatoms. The highest BCUT2D eigenvalue weighted by Gasteiger charge is 2.29. The highest BCUT2D eigenvalue weighted by Crippen LogP contribution is 2.37. The Morgan fingerprint density at radius 2 is 2.20 bits per heavy atom. The van der Waals surface area contributed by atoms with E-state index in [0.717, 1.165) is 17.7 Å². The average molecular weight is 206 g/mol. The van der Waals surface area contributed by atoms with Crippen LogP contribution in [0.3, 0.4) is 0 Å². The van der Waals surface area contributed by atoms with Crippen molar-refractivity contribution in [2.24, 2.45) is 0 Å². The van der Waals surface area contributed by atoms with Gasteiger partial charge in [-0.15, -0.1) is 0 Å². The summed E-state index contributed by atoms with van der Waals surface area (Å²) in [7, 11) is 0. The molecule has 0 bridgehead atoms. The van der Waals surface area contributed by atoms with Gasteiger partial charge in [0.05, 0.1) is 0 Å². The van der Waals surface area contributed by atoms with Crippen molar-refractivity contribution in [2.45, 2.75) is 45.3 Å². The molecule has 0 amide bonds. The molecule has 2 rings (SSSR count). The maximum atomic E-state index is 9.87. The van der Waals surface area contributed by atoms with E-state index in [1.54, 1.807) is 0 Å². The third-order valence-electron chi connectivity index (χ3n) is 2.97. The topological polar surface area (TPSA) is 29.5 Å². The normalized spacial score (nSPS) is 23.7. The summed E-state index contributed by atoms with van der Waals surface area (Å²) in [6.07, 6.45) is 2.92. The molecule has 0 fully saturated rings. The van der Waals surface area contributed by atoms with Crippen LogP contribution in [0.5, 0.6) is 5.75 Å². The van der Waals surface area contributed by atoms with Crippen LogP contribution in [-0.4, -0.2) is 11.2 Å². The van der Waals surface area contributed by atoms with Crippen LogP contribution in [0.1, 0.15) is 43.9 Å². The van der Waals surface area contributed by atoms with Gasteiger partial charge in [-0.1, -0.05) is 19.4 Å². The second-order valence-electron chi connectivity index (χ2n) is 4.24. The Kier molecular flexibility index (Phi) is 2.96. The molecule has 1 aliphatic rings. The van der Waals surface area contributed by atoms with Gasteiger partial charge in [0.2, 0.25) is 0 Å². The van der Waals surface area contributed by atoms with Crippen molar-refractivity contribution in [3.8, 4) is 5.75 Å². The molecule has 1 heterocycles. The van der Waals surface area contributed by atoms with Gasteiger partial charge in [-0.05, 0) is 37.5 Å². The summed E-state index contributed by atoms with van der Waals surface area (Å²) in [6.45, 7) is 4.09. The van der Waals surface area contributed by atoms with Crippen LogP contribution in [-0.2, 0) is 6.42 Å². The molecule has 0 spiro atoms. The van der Waals surface area contributed by atoms with E-state index >= 15 is 0 Å². The third-order valence-corrected chi connectivity index (χ3v) is 2.97. The number of aliphatic hydroxyl groups is 1. The first kappa shape index (κ1) is 10.5. The second kappa shape index (κ2) is 4.23. The van der Waals surface area contributed by atoms with Crippen molar-refractivity contribution < 1.29 is 9.84 Å². The van der Waals surface area contributed by atoms with Crippen LogP contribution in [0.25, 0.3) is 0 Å². The molecule has 2 atom stereocenters. The minimum atomic E-state index is -0.457. The molecule has 0 aliphatic carbocycles. The number of benzene rings is 1. The number of hydrogen-bond donors (Lipinski definition) is 1. The van der Waals surface area contributed by atoms with Gasteiger partial charge in [0.15, 0.2) is 0 Å². The number of ether oxygens (including phenoxy) is 1.